The highest BCUT2D eigenvalue weighted by Gasteiger charge is 2.27. The zero-order chi connectivity index (χ0) is 19.2. The number of nitro groups is 1. The van der Waals surface area contributed by atoms with E-state index >= 15 is 0 Å². The standard InChI is InChI=1S/C16H14F3N3O4/c17-16(18,19)10-20-13-6-1-2-7-14(13)21-15(23)9-26-12-5-3-4-11(8-12)22(24)25/h1-8,20H,9-10H2,(H,21,23). The molecule has 0 fully saturated rings. The van der Waals surface area contributed by atoms with Crippen LogP contribution in [0.15, 0.2) is 48.5 Å². The number of hydrogen-bond acceptors (Lipinski definition) is 5. The molecule has 0 saturated heterocycles. The summed E-state index contributed by atoms with van der Waals surface area (Å²) >= 11 is 0. The molecule has 138 valence electrons. The second-order valence-electron chi connectivity index (χ2n) is 5.11. The van der Waals surface area contributed by atoms with Gasteiger partial charge in [-0.1, -0.05) is 18.2 Å². The van der Waals surface area contributed by atoms with Gasteiger partial charge in [-0.3, -0.25) is 14.9 Å². The van der Waals surface area contributed by atoms with Crippen LogP contribution < -0.4 is 15.4 Å². The Hall–Kier alpha value is -3.30. The summed E-state index contributed by atoms with van der Waals surface area (Å²) in [5.74, 6) is -0.504. The van der Waals surface area contributed by atoms with Crippen molar-refractivity contribution < 1.29 is 27.6 Å². The van der Waals surface area contributed by atoms with Crippen LogP contribution in [0.3, 0.4) is 0 Å². The van der Waals surface area contributed by atoms with Gasteiger partial charge < -0.3 is 15.4 Å². The van der Waals surface area contributed by atoms with Gasteiger partial charge in [0.15, 0.2) is 6.61 Å². The first-order chi connectivity index (χ1) is 12.2. The summed E-state index contributed by atoms with van der Waals surface area (Å²) in [5, 5.41) is 15.3. The molecule has 0 aliphatic heterocycles. The van der Waals surface area contributed by atoms with E-state index in [0.717, 1.165) is 6.07 Å². The predicted octanol–water partition coefficient (Wildman–Crippen LogP) is 3.59. The number of nitrogens with zero attached hydrogens (tertiary/aromatic N) is 1. The minimum absolute atomic E-state index is 0.105. The van der Waals surface area contributed by atoms with Gasteiger partial charge in [0.05, 0.1) is 22.4 Å². The number of halogens is 3. The van der Waals surface area contributed by atoms with Crippen LogP contribution in [0.1, 0.15) is 0 Å². The summed E-state index contributed by atoms with van der Waals surface area (Å²) in [4.78, 5) is 22.0. The average Bonchev–Trinajstić information content (AvgIpc) is 2.59. The second kappa shape index (κ2) is 8.19. The molecular weight excluding hydrogens is 355 g/mol. The number of ether oxygens (including phenoxy) is 1. The van der Waals surface area contributed by atoms with E-state index in [1.807, 2.05) is 0 Å². The lowest BCUT2D eigenvalue weighted by Gasteiger charge is -2.14. The summed E-state index contributed by atoms with van der Waals surface area (Å²) < 4.78 is 42.1. The van der Waals surface area contributed by atoms with Crippen LogP contribution in [-0.4, -0.2) is 30.2 Å². The quantitative estimate of drug-likeness (QED) is 0.575. The highest BCUT2D eigenvalue weighted by molar-refractivity contribution is 5.95. The van der Waals surface area contributed by atoms with Crippen LogP contribution in [-0.2, 0) is 4.79 Å². The molecule has 0 unspecified atom stereocenters. The van der Waals surface area contributed by atoms with Crippen molar-refractivity contribution in [3.63, 3.8) is 0 Å². The van der Waals surface area contributed by atoms with Gasteiger partial charge in [-0.15, -0.1) is 0 Å². The predicted molar refractivity (Wildman–Crippen MR) is 88.2 cm³/mol. The van der Waals surface area contributed by atoms with Crippen molar-refractivity contribution in [3.05, 3.63) is 58.6 Å². The number of alkyl halides is 3. The SMILES string of the molecule is O=C(COc1cccc([N+](=O)[O-])c1)Nc1ccccc1NCC(F)(F)F. The number of anilines is 2. The minimum Gasteiger partial charge on any atom is -0.484 e. The van der Waals surface area contributed by atoms with Gasteiger partial charge in [-0.25, -0.2) is 0 Å². The third kappa shape index (κ3) is 5.96. The average molecular weight is 369 g/mol. The number of rotatable bonds is 7. The fourth-order valence-corrected chi connectivity index (χ4v) is 1.96. The van der Waals surface area contributed by atoms with Crippen LogP contribution >= 0.6 is 0 Å². The molecule has 2 rings (SSSR count). The van der Waals surface area contributed by atoms with Crippen molar-refractivity contribution >= 4 is 23.0 Å². The Kier molecular flexibility index (Phi) is 5.99. The maximum atomic E-state index is 12.3. The Morgan fingerprint density at radius 2 is 1.81 bits per heavy atom. The normalized spacial score (nSPS) is 10.9. The van der Waals surface area contributed by atoms with E-state index in [2.05, 4.69) is 10.6 Å². The number of amides is 1. The van der Waals surface area contributed by atoms with Crippen molar-refractivity contribution in [2.24, 2.45) is 0 Å². The van der Waals surface area contributed by atoms with E-state index in [1.165, 1.54) is 36.4 Å². The monoisotopic (exact) mass is 369 g/mol. The van der Waals surface area contributed by atoms with Crippen LogP contribution in [0.25, 0.3) is 0 Å². The number of nitrogens with one attached hydrogen (secondary N) is 2. The number of carbonyl (C=O) groups is 1. The van der Waals surface area contributed by atoms with E-state index < -0.39 is 30.2 Å². The molecule has 0 atom stereocenters. The molecule has 0 heterocycles. The number of non-ortho nitro benzene ring substituents is 1. The Bertz CT molecular complexity index is 796. The molecule has 0 aliphatic carbocycles. The first-order valence-electron chi connectivity index (χ1n) is 7.31. The molecule has 0 bridgehead atoms. The Labute approximate surface area is 145 Å². The van der Waals surface area contributed by atoms with Crippen LogP contribution in [0, 0.1) is 10.1 Å². The summed E-state index contributed by atoms with van der Waals surface area (Å²) in [5.41, 5.74) is 0.0718. The molecule has 2 aromatic carbocycles. The zero-order valence-corrected chi connectivity index (χ0v) is 13.2. The Morgan fingerprint density at radius 1 is 1.12 bits per heavy atom. The summed E-state index contributed by atoms with van der Waals surface area (Å²) in [6, 6.07) is 11.2. The first-order valence-corrected chi connectivity index (χ1v) is 7.31. The number of hydrogen-bond donors (Lipinski definition) is 2. The third-order valence-electron chi connectivity index (χ3n) is 3.08. The number of para-hydroxylation sites is 2. The van der Waals surface area contributed by atoms with Gasteiger partial charge in [0.25, 0.3) is 11.6 Å². The van der Waals surface area contributed by atoms with Crippen molar-refractivity contribution in [2.75, 3.05) is 23.8 Å². The van der Waals surface area contributed by atoms with Crippen molar-refractivity contribution in [1.29, 1.82) is 0 Å². The van der Waals surface area contributed by atoms with Gasteiger partial charge in [-0.2, -0.15) is 13.2 Å². The van der Waals surface area contributed by atoms with E-state index in [1.54, 1.807) is 6.07 Å². The molecule has 0 spiro atoms. The maximum Gasteiger partial charge on any atom is 0.405 e. The summed E-state index contributed by atoms with van der Waals surface area (Å²) in [6.07, 6.45) is -4.40. The maximum absolute atomic E-state index is 12.3. The lowest BCUT2D eigenvalue weighted by molar-refractivity contribution is -0.384. The molecule has 7 nitrogen and oxygen atoms in total. The van der Waals surface area contributed by atoms with E-state index in [-0.39, 0.29) is 22.8 Å². The number of benzene rings is 2. The molecule has 0 aromatic heterocycles. The summed E-state index contributed by atoms with van der Waals surface area (Å²) in [7, 11) is 0. The highest BCUT2D eigenvalue weighted by Crippen LogP contribution is 2.24. The fourth-order valence-electron chi connectivity index (χ4n) is 1.96. The Morgan fingerprint density at radius 3 is 2.46 bits per heavy atom. The van der Waals surface area contributed by atoms with Crippen molar-refractivity contribution in [3.8, 4) is 5.75 Å². The topological polar surface area (TPSA) is 93.5 Å². The largest absolute Gasteiger partial charge is 0.484 e. The highest BCUT2D eigenvalue weighted by atomic mass is 19.4. The van der Waals surface area contributed by atoms with Crippen molar-refractivity contribution in [1.82, 2.24) is 0 Å². The van der Waals surface area contributed by atoms with Gasteiger partial charge in [0.1, 0.15) is 12.3 Å². The lowest BCUT2D eigenvalue weighted by atomic mass is 10.2. The van der Waals surface area contributed by atoms with Crippen LogP contribution in [0.4, 0.5) is 30.2 Å². The molecule has 10 heteroatoms. The number of carbonyl (C=O) groups excluding carboxylic acids is 1. The van der Waals surface area contributed by atoms with Crippen molar-refractivity contribution in [2.45, 2.75) is 6.18 Å². The second-order valence-corrected chi connectivity index (χ2v) is 5.11. The Balaban J connectivity index is 1.96. The fraction of sp³-hybridized carbons (Fsp3) is 0.188. The van der Waals surface area contributed by atoms with E-state index in [9.17, 15) is 28.1 Å². The molecule has 1 amide bonds. The molecule has 0 radical (unpaired) electrons. The molecule has 2 N–H and O–H groups in total. The summed E-state index contributed by atoms with van der Waals surface area (Å²) in [6.45, 7) is -1.71. The molecule has 26 heavy (non-hydrogen) atoms. The third-order valence-corrected chi connectivity index (χ3v) is 3.08. The van der Waals surface area contributed by atoms with Gasteiger partial charge >= 0.3 is 6.18 Å². The van der Waals surface area contributed by atoms with Gasteiger partial charge in [0, 0.05) is 6.07 Å². The number of nitro benzene ring substituents is 1. The van der Waals surface area contributed by atoms with Crippen LogP contribution in [0.5, 0.6) is 5.75 Å². The van der Waals surface area contributed by atoms with Crippen LogP contribution in [0.2, 0.25) is 0 Å². The smallest absolute Gasteiger partial charge is 0.405 e. The molecule has 0 saturated carbocycles. The van der Waals surface area contributed by atoms with E-state index in [4.69, 9.17) is 4.74 Å². The van der Waals surface area contributed by atoms with E-state index in [0.29, 0.717) is 0 Å². The molecular formula is C16H14F3N3O4. The van der Waals surface area contributed by atoms with Gasteiger partial charge in [0.2, 0.25) is 0 Å². The zero-order valence-electron chi connectivity index (χ0n) is 13.2. The van der Waals surface area contributed by atoms with Gasteiger partial charge in [-0.05, 0) is 18.2 Å². The first kappa shape index (κ1) is 19.0. The minimum atomic E-state index is -4.40. The molecule has 2 aromatic rings. The lowest BCUT2D eigenvalue weighted by Crippen LogP contribution is -2.24. The molecule has 0 aliphatic rings.